The molecular weight excluding hydrogens is 292 g/mol. The number of pyridine rings is 1. The zero-order valence-corrected chi connectivity index (χ0v) is 14.4. The molecule has 1 aromatic rings. The van der Waals surface area contributed by atoms with Crippen LogP contribution in [0.5, 0.6) is 0 Å². The number of carbonyl (C=O) groups is 1. The molecule has 1 aromatic heterocycles. The summed E-state index contributed by atoms with van der Waals surface area (Å²) in [6.07, 6.45) is 4.24. The van der Waals surface area contributed by atoms with Gasteiger partial charge in [-0.25, -0.2) is 4.98 Å². The minimum Gasteiger partial charge on any atom is -0.465 e. The summed E-state index contributed by atoms with van der Waals surface area (Å²) in [5, 5.41) is 3.07. The van der Waals surface area contributed by atoms with Crippen LogP contribution in [0.25, 0.3) is 0 Å². The van der Waals surface area contributed by atoms with Gasteiger partial charge in [-0.15, -0.1) is 0 Å². The molecular formula is C17H28N4O2. The summed E-state index contributed by atoms with van der Waals surface area (Å²) in [5.74, 6) is 0.817. The van der Waals surface area contributed by atoms with Gasteiger partial charge in [-0.2, -0.15) is 0 Å². The van der Waals surface area contributed by atoms with Crippen LogP contribution in [0.15, 0.2) is 18.3 Å². The third-order valence-electron chi connectivity index (χ3n) is 4.23. The molecule has 0 radical (unpaired) electrons. The van der Waals surface area contributed by atoms with Gasteiger partial charge in [0.25, 0.3) is 0 Å². The first-order valence-electron chi connectivity index (χ1n) is 8.32. The highest BCUT2D eigenvalue weighted by molar-refractivity contribution is 5.71. The molecule has 0 unspecified atom stereocenters. The van der Waals surface area contributed by atoms with Gasteiger partial charge in [0.1, 0.15) is 5.82 Å². The van der Waals surface area contributed by atoms with Crippen molar-refractivity contribution in [2.75, 3.05) is 45.2 Å². The molecule has 0 amide bonds. The number of ether oxygens (including phenoxy) is 1. The first-order valence-corrected chi connectivity index (χ1v) is 8.32. The smallest absolute Gasteiger partial charge is 0.319 e. The number of nitrogens with zero attached hydrogens (tertiary/aromatic N) is 3. The van der Waals surface area contributed by atoms with E-state index in [-0.39, 0.29) is 12.5 Å². The van der Waals surface area contributed by atoms with E-state index in [1.54, 1.807) is 0 Å². The number of rotatable bonds is 7. The topological polar surface area (TPSA) is 57.7 Å². The van der Waals surface area contributed by atoms with E-state index in [0.717, 1.165) is 24.5 Å². The van der Waals surface area contributed by atoms with Crippen molar-refractivity contribution in [2.45, 2.75) is 32.4 Å². The largest absolute Gasteiger partial charge is 0.465 e. The number of hydrogen-bond acceptors (Lipinski definition) is 6. The van der Waals surface area contributed by atoms with Crippen molar-refractivity contribution in [3.8, 4) is 0 Å². The molecule has 1 saturated heterocycles. The monoisotopic (exact) mass is 320 g/mol. The molecule has 6 nitrogen and oxygen atoms in total. The second-order valence-corrected chi connectivity index (χ2v) is 6.12. The highest BCUT2D eigenvalue weighted by atomic mass is 16.5. The van der Waals surface area contributed by atoms with E-state index in [0.29, 0.717) is 19.2 Å². The lowest BCUT2D eigenvalue weighted by Gasteiger charge is -2.35. The molecule has 2 rings (SSSR count). The maximum atomic E-state index is 11.3. The molecule has 0 spiro atoms. The van der Waals surface area contributed by atoms with Crippen LogP contribution in [-0.2, 0) is 16.1 Å². The van der Waals surface area contributed by atoms with Gasteiger partial charge >= 0.3 is 5.97 Å². The van der Waals surface area contributed by atoms with Crippen molar-refractivity contribution in [2.24, 2.45) is 0 Å². The average molecular weight is 320 g/mol. The molecule has 0 saturated carbocycles. The van der Waals surface area contributed by atoms with E-state index in [2.05, 4.69) is 46.3 Å². The Balaban J connectivity index is 1.77. The van der Waals surface area contributed by atoms with E-state index in [1.807, 2.05) is 13.1 Å². The van der Waals surface area contributed by atoms with Crippen LogP contribution in [-0.4, -0.2) is 62.2 Å². The normalized spacial score (nSPS) is 15.9. The van der Waals surface area contributed by atoms with Crippen molar-refractivity contribution in [3.05, 3.63) is 23.9 Å². The van der Waals surface area contributed by atoms with Gasteiger partial charge < -0.3 is 19.9 Å². The molecule has 2 heterocycles. The number of piperidine rings is 1. The molecule has 0 atom stereocenters. The number of carbonyl (C=O) groups excluding carboxylic acids is 1. The van der Waals surface area contributed by atoms with E-state index in [9.17, 15) is 4.79 Å². The summed E-state index contributed by atoms with van der Waals surface area (Å²) < 4.78 is 4.88. The van der Waals surface area contributed by atoms with Crippen molar-refractivity contribution in [1.29, 1.82) is 0 Å². The average Bonchev–Trinajstić information content (AvgIpc) is 2.56. The van der Waals surface area contributed by atoms with Crippen LogP contribution < -0.4 is 10.2 Å². The van der Waals surface area contributed by atoms with E-state index in [1.165, 1.54) is 12.8 Å². The maximum absolute atomic E-state index is 11.3. The molecule has 128 valence electrons. The molecule has 0 aromatic carbocycles. The lowest BCUT2D eigenvalue weighted by Crippen LogP contribution is -2.42. The third kappa shape index (κ3) is 5.48. The van der Waals surface area contributed by atoms with Crippen LogP contribution >= 0.6 is 0 Å². The van der Waals surface area contributed by atoms with Crippen LogP contribution in [0.3, 0.4) is 0 Å². The highest BCUT2D eigenvalue weighted by Crippen LogP contribution is 2.19. The Hall–Kier alpha value is -1.66. The number of aromatic nitrogens is 1. The van der Waals surface area contributed by atoms with Gasteiger partial charge in [-0.05, 0) is 45.5 Å². The molecule has 0 bridgehead atoms. The Morgan fingerprint density at radius 3 is 2.70 bits per heavy atom. The zero-order valence-electron chi connectivity index (χ0n) is 14.4. The summed E-state index contributed by atoms with van der Waals surface area (Å²) in [6, 6.07) is 4.81. The van der Waals surface area contributed by atoms with Crippen LogP contribution in [0, 0.1) is 0 Å². The highest BCUT2D eigenvalue weighted by Gasteiger charge is 2.21. The predicted molar refractivity (Wildman–Crippen MR) is 91.5 cm³/mol. The van der Waals surface area contributed by atoms with Gasteiger partial charge in [-0.1, -0.05) is 6.07 Å². The molecule has 1 aliphatic rings. The predicted octanol–water partition coefficient (Wildman–Crippen LogP) is 1.26. The summed E-state index contributed by atoms with van der Waals surface area (Å²) in [5.41, 5.74) is 1.07. The quantitative estimate of drug-likeness (QED) is 0.764. The van der Waals surface area contributed by atoms with Gasteiger partial charge in [0.2, 0.25) is 0 Å². The van der Waals surface area contributed by atoms with E-state index in [4.69, 9.17) is 4.74 Å². The van der Waals surface area contributed by atoms with Crippen molar-refractivity contribution in [1.82, 2.24) is 15.2 Å². The first kappa shape index (κ1) is 17.7. The standard InChI is InChI=1S/C17H28N4O2/c1-4-23-17(22)13-18-11-14-5-6-16(19-12-14)21-9-7-15(8-10-21)20(2)3/h5-6,12,15,18H,4,7-11,13H2,1-3H3. The Morgan fingerprint density at radius 1 is 1.39 bits per heavy atom. The lowest BCUT2D eigenvalue weighted by molar-refractivity contribution is -0.142. The summed E-state index contributed by atoms with van der Waals surface area (Å²) in [6.45, 7) is 5.18. The van der Waals surface area contributed by atoms with Crippen molar-refractivity contribution >= 4 is 11.8 Å². The van der Waals surface area contributed by atoms with E-state index < -0.39 is 0 Å². The summed E-state index contributed by atoms with van der Waals surface area (Å²) >= 11 is 0. The molecule has 23 heavy (non-hydrogen) atoms. The summed E-state index contributed by atoms with van der Waals surface area (Å²) in [4.78, 5) is 20.5. The molecule has 0 aliphatic carbocycles. The second-order valence-electron chi connectivity index (χ2n) is 6.12. The fraction of sp³-hybridized carbons (Fsp3) is 0.647. The Bertz CT molecular complexity index is 482. The first-order chi connectivity index (χ1) is 11.1. The molecule has 6 heteroatoms. The van der Waals surface area contributed by atoms with Gasteiger partial charge in [-0.3, -0.25) is 4.79 Å². The minimum absolute atomic E-state index is 0.221. The number of esters is 1. The SMILES string of the molecule is CCOC(=O)CNCc1ccc(N2CCC(N(C)C)CC2)nc1. The van der Waals surface area contributed by atoms with Crippen molar-refractivity contribution in [3.63, 3.8) is 0 Å². The fourth-order valence-electron chi connectivity index (χ4n) is 2.84. The van der Waals surface area contributed by atoms with Crippen molar-refractivity contribution < 1.29 is 9.53 Å². The Kier molecular flexibility index (Phi) is 6.80. The van der Waals surface area contributed by atoms with Gasteiger partial charge in [0.15, 0.2) is 0 Å². The Labute approximate surface area is 138 Å². The van der Waals surface area contributed by atoms with Crippen LogP contribution in [0.4, 0.5) is 5.82 Å². The molecule has 1 aliphatic heterocycles. The number of nitrogens with one attached hydrogen (secondary N) is 1. The molecule has 1 N–H and O–H groups in total. The number of anilines is 1. The van der Waals surface area contributed by atoms with Gasteiger partial charge in [0, 0.05) is 31.9 Å². The maximum Gasteiger partial charge on any atom is 0.319 e. The van der Waals surface area contributed by atoms with E-state index >= 15 is 0 Å². The van der Waals surface area contributed by atoms with Crippen LogP contribution in [0.1, 0.15) is 25.3 Å². The molecule has 1 fully saturated rings. The third-order valence-corrected chi connectivity index (χ3v) is 4.23. The fourth-order valence-corrected chi connectivity index (χ4v) is 2.84. The number of hydrogen-bond donors (Lipinski definition) is 1. The zero-order chi connectivity index (χ0) is 16.7. The lowest BCUT2D eigenvalue weighted by atomic mass is 10.0. The van der Waals surface area contributed by atoms with Crippen LogP contribution in [0.2, 0.25) is 0 Å². The second kappa shape index (κ2) is 8.84. The Morgan fingerprint density at radius 2 is 2.13 bits per heavy atom. The summed E-state index contributed by atoms with van der Waals surface area (Å²) in [7, 11) is 4.30. The minimum atomic E-state index is -0.221. The van der Waals surface area contributed by atoms with Gasteiger partial charge in [0.05, 0.1) is 13.2 Å².